The summed E-state index contributed by atoms with van der Waals surface area (Å²) in [6, 6.07) is 12.6. The fourth-order valence-corrected chi connectivity index (χ4v) is 5.06. The van der Waals surface area contributed by atoms with Gasteiger partial charge in [-0.25, -0.2) is 4.68 Å². The van der Waals surface area contributed by atoms with Crippen LogP contribution in [0.1, 0.15) is 49.3 Å². The third-order valence-corrected chi connectivity index (χ3v) is 7.00. The van der Waals surface area contributed by atoms with E-state index in [-0.39, 0.29) is 5.56 Å². The molecule has 11 heteroatoms. The number of aryl methyl sites for hydroxylation is 1. The smallest absolute Gasteiger partial charge is 0.369 e. The number of halogens is 3. The van der Waals surface area contributed by atoms with E-state index in [0.29, 0.717) is 43.3 Å². The van der Waals surface area contributed by atoms with Crippen LogP contribution >= 0.6 is 0 Å². The number of pyridine rings is 1. The number of fused-ring (bicyclic) bond motifs is 1. The minimum absolute atomic E-state index is 0.222. The average molecular weight is 526 g/mol. The molecule has 0 spiro atoms. The maximum atomic E-state index is 13.5. The lowest BCUT2D eigenvalue weighted by Crippen LogP contribution is -2.49. The average Bonchev–Trinajstić information content (AvgIpc) is 3.36. The first-order chi connectivity index (χ1) is 17.9. The Bertz CT molecular complexity index is 1510. The van der Waals surface area contributed by atoms with Crippen LogP contribution < -0.4 is 10.5 Å². The van der Waals surface area contributed by atoms with E-state index in [4.69, 9.17) is 0 Å². The summed E-state index contributed by atoms with van der Waals surface area (Å²) in [4.78, 5) is 20.6. The van der Waals surface area contributed by atoms with E-state index in [2.05, 4.69) is 25.4 Å². The number of nitrogens with one attached hydrogen (secondary N) is 1. The van der Waals surface area contributed by atoms with Gasteiger partial charge in [0.05, 0.1) is 16.6 Å². The Morgan fingerprint density at radius 1 is 0.974 bits per heavy atom. The number of aromatic nitrogens is 5. The minimum Gasteiger partial charge on any atom is -0.369 e. The highest BCUT2D eigenvalue weighted by atomic mass is 19.4. The molecule has 0 saturated carbocycles. The number of benzene rings is 2. The van der Waals surface area contributed by atoms with Crippen LogP contribution in [-0.4, -0.2) is 56.3 Å². The van der Waals surface area contributed by atoms with Crippen LogP contribution in [0.25, 0.3) is 10.9 Å². The number of alkyl halides is 3. The van der Waals surface area contributed by atoms with Crippen molar-refractivity contribution in [3.05, 3.63) is 81.4 Å². The molecule has 1 saturated heterocycles. The number of para-hydroxylation sites is 1. The molecule has 0 radical (unpaired) electrons. The predicted octanol–water partition coefficient (Wildman–Crippen LogP) is 4.51. The van der Waals surface area contributed by atoms with Gasteiger partial charge < -0.3 is 9.88 Å². The molecule has 1 aliphatic rings. The number of tetrazole rings is 1. The molecule has 0 aliphatic carbocycles. The Balaban J connectivity index is 1.52. The summed E-state index contributed by atoms with van der Waals surface area (Å²) in [6.07, 6.45) is -4.40. The highest BCUT2D eigenvalue weighted by Crippen LogP contribution is 2.34. The van der Waals surface area contributed by atoms with Crippen LogP contribution in [-0.2, 0) is 11.7 Å². The summed E-state index contributed by atoms with van der Waals surface area (Å²) >= 11 is 0. The van der Waals surface area contributed by atoms with Crippen LogP contribution in [0.4, 0.5) is 18.9 Å². The minimum atomic E-state index is -4.40. The molecule has 1 fully saturated rings. The molecule has 8 nitrogen and oxygen atoms in total. The molecule has 1 N–H and O–H groups in total. The molecule has 4 aromatic rings. The number of hydrogen-bond donors (Lipinski definition) is 1. The lowest BCUT2D eigenvalue weighted by atomic mass is 10.00. The molecule has 5 rings (SSSR count). The number of piperazine rings is 1. The van der Waals surface area contributed by atoms with Gasteiger partial charge in [-0.2, -0.15) is 13.2 Å². The van der Waals surface area contributed by atoms with Crippen molar-refractivity contribution in [1.82, 2.24) is 30.1 Å². The fraction of sp³-hybridized carbons (Fsp3) is 0.407. The molecule has 0 unspecified atom stereocenters. The molecular weight excluding hydrogens is 495 g/mol. The van der Waals surface area contributed by atoms with E-state index in [1.807, 2.05) is 56.9 Å². The first-order valence-corrected chi connectivity index (χ1v) is 12.5. The Labute approximate surface area is 218 Å². The Kier molecular flexibility index (Phi) is 6.50. The van der Waals surface area contributed by atoms with Gasteiger partial charge in [0.15, 0.2) is 5.82 Å². The Morgan fingerprint density at radius 3 is 2.37 bits per heavy atom. The molecule has 2 aromatic heterocycles. The van der Waals surface area contributed by atoms with Gasteiger partial charge in [0.1, 0.15) is 6.04 Å². The first-order valence-electron chi connectivity index (χ1n) is 12.5. The molecule has 1 aliphatic heterocycles. The van der Waals surface area contributed by atoms with Gasteiger partial charge in [-0.3, -0.25) is 9.69 Å². The van der Waals surface area contributed by atoms with Crippen molar-refractivity contribution in [2.75, 3.05) is 31.1 Å². The normalized spacial score (nSPS) is 16.2. The van der Waals surface area contributed by atoms with E-state index in [1.165, 1.54) is 12.1 Å². The van der Waals surface area contributed by atoms with E-state index in [0.717, 1.165) is 22.5 Å². The number of H-pyrrole nitrogens is 1. The Morgan fingerprint density at radius 2 is 1.68 bits per heavy atom. The highest BCUT2D eigenvalue weighted by Gasteiger charge is 2.36. The molecular formula is C27H30F3N7O. The van der Waals surface area contributed by atoms with Gasteiger partial charge in [0.25, 0.3) is 5.56 Å². The van der Waals surface area contributed by atoms with Gasteiger partial charge in [-0.15, -0.1) is 5.10 Å². The second-order valence-electron chi connectivity index (χ2n) is 10.7. The summed E-state index contributed by atoms with van der Waals surface area (Å²) in [7, 11) is 0. The van der Waals surface area contributed by atoms with Crippen molar-refractivity contribution in [1.29, 1.82) is 0 Å². The summed E-state index contributed by atoms with van der Waals surface area (Å²) in [6.45, 7) is 9.89. The lowest BCUT2D eigenvalue weighted by molar-refractivity contribution is -0.137. The van der Waals surface area contributed by atoms with Crippen molar-refractivity contribution in [3.63, 3.8) is 0 Å². The van der Waals surface area contributed by atoms with Crippen molar-refractivity contribution in [2.24, 2.45) is 0 Å². The van der Waals surface area contributed by atoms with E-state index < -0.39 is 23.3 Å². The number of rotatable bonds is 4. The van der Waals surface area contributed by atoms with Gasteiger partial charge in [-0.1, -0.05) is 24.3 Å². The maximum Gasteiger partial charge on any atom is 0.416 e. The van der Waals surface area contributed by atoms with Crippen LogP contribution in [0.15, 0.2) is 53.3 Å². The molecule has 0 amide bonds. The number of anilines is 1. The molecule has 38 heavy (non-hydrogen) atoms. The van der Waals surface area contributed by atoms with Gasteiger partial charge >= 0.3 is 6.18 Å². The maximum absolute atomic E-state index is 13.5. The fourth-order valence-electron chi connectivity index (χ4n) is 5.06. The monoisotopic (exact) mass is 525 g/mol. The second kappa shape index (κ2) is 9.54. The third kappa shape index (κ3) is 4.90. The van der Waals surface area contributed by atoms with Crippen LogP contribution in [0.2, 0.25) is 0 Å². The molecule has 1 atom stereocenters. The van der Waals surface area contributed by atoms with Gasteiger partial charge in [0.2, 0.25) is 0 Å². The van der Waals surface area contributed by atoms with E-state index >= 15 is 0 Å². The van der Waals surface area contributed by atoms with Gasteiger partial charge in [-0.05, 0) is 73.3 Å². The van der Waals surface area contributed by atoms with Crippen molar-refractivity contribution in [2.45, 2.75) is 45.5 Å². The zero-order chi connectivity index (χ0) is 27.2. The molecule has 200 valence electrons. The van der Waals surface area contributed by atoms with Gasteiger partial charge in [0, 0.05) is 37.4 Å². The number of nitrogens with zero attached hydrogens (tertiary/aromatic N) is 6. The Hall–Kier alpha value is -3.73. The predicted molar refractivity (Wildman–Crippen MR) is 139 cm³/mol. The second-order valence-corrected chi connectivity index (χ2v) is 10.7. The van der Waals surface area contributed by atoms with E-state index in [9.17, 15) is 18.0 Å². The standard InChI is InChI=1S/C27H30F3N7O/c1-17-7-5-8-18-15-21(25(38)31-22(17)18)23(24-32-33-34-37(24)26(2,3)4)36-13-11-35(12-14-36)20-10-6-9-19(16-20)27(28,29)30/h5-10,15-16,23H,11-14H2,1-4H3,(H,31,38)/t23-/m1/s1. The molecule has 0 bridgehead atoms. The van der Waals surface area contributed by atoms with Crippen LogP contribution in [0.3, 0.4) is 0 Å². The third-order valence-electron chi connectivity index (χ3n) is 7.00. The molecule has 3 heterocycles. The number of hydrogen-bond acceptors (Lipinski definition) is 6. The van der Waals surface area contributed by atoms with Crippen molar-refractivity contribution >= 4 is 16.6 Å². The first kappa shape index (κ1) is 25.9. The highest BCUT2D eigenvalue weighted by molar-refractivity contribution is 5.82. The zero-order valence-corrected chi connectivity index (χ0v) is 21.8. The summed E-state index contributed by atoms with van der Waals surface area (Å²) in [5.74, 6) is 0.544. The van der Waals surface area contributed by atoms with E-state index in [1.54, 1.807) is 10.7 Å². The summed E-state index contributed by atoms with van der Waals surface area (Å²) in [5.41, 5.74) is 1.47. The van der Waals surface area contributed by atoms with Crippen molar-refractivity contribution < 1.29 is 13.2 Å². The zero-order valence-electron chi connectivity index (χ0n) is 21.8. The largest absolute Gasteiger partial charge is 0.416 e. The molecule has 2 aromatic carbocycles. The van der Waals surface area contributed by atoms with Crippen LogP contribution in [0.5, 0.6) is 0 Å². The SMILES string of the molecule is Cc1cccc2cc([C@H](c3nnnn3C(C)(C)C)N3CCN(c4cccc(C(F)(F)F)c4)CC3)c(=O)[nH]c12. The van der Waals surface area contributed by atoms with Crippen molar-refractivity contribution in [3.8, 4) is 0 Å². The quantitative estimate of drug-likeness (QED) is 0.422. The summed E-state index contributed by atoms with van der Waals surface area (Å²) in [5, 5.41) is 13.4. The summed E-state index contributed by atoms with van der Waals surface area (Å²) < 4.78 is 41.6. The number of aromatic amines is 1. The lowest BCUT2D eigenvalue weighted by Gasteiger charge is -2.40. The topological polar surface area (TPSA) is 82.9 Å². The van der Waals surface area contributed by atoms with Crippen LogP contribution in [0, 0.1) is 6.92 Å².